The first-order valence-corrected chi connectivity index (χ1v) is 8.92. The van der Waals surface area contributed by atoms with Crippen molar-refractivity contribution in [3.8, 4) is 0 Å². The lowest BCUT2D eigenvalue weighted by molar-refractivity contribution is -0.141. The van der Waals surface area contributed by atoms with Gasteiger partial charge in [-0.15, -0.1) is 0 Å². The maximum Gasteiger partial charge on any atom is 0.248 e. The summed E-state index contributed by atoms with van der Waals surface area (Å²) in [5.74, 6) is -1.08. The van der Waals surface area contributed by atoms with Crippen LogP contribution in [0.5, 0.6) is 0 Å². The van der Waals surface area contributed by atoms with E-state index in [2.05, 4.69) is 5.32 Å². The average molecular weight is 314 g/mol. The Hall–Kier alpha value is -0.710. The lowest BCUT2D eigenvalue weighted by Gasteiger charge is -2.39. The number of amides is 1. The first kappa shape index (κ1) is 16.2. The minimum Gasteiger partial charge on any atom is -0.342 e. The van der Waals surface area contributed by atoms with E-state index in [1.54, 1.807) is 0 Å². The SMILES string of the molecule is O=C(C1CCC(F)(F)CC1)N1CCC(C2CCCNC2)CC1. The number of likely N-dealkylation sites (tertiary alicyclic amines) is 1. The Morgan fingerprint density at radius 3 is 2.27 bits per heavy atom. The van der Waals surface area contributed by atoms with Gasteiger partial charge in [0.15, 0.2) is 0 Å². The van der Waals surface area contributed by atoms with E-state index in [1.807, 2.05) is 4.90 Å². The third kappa shape index (κ3) is 3.79. The maximum atomic E-state index is 13.2. The Bertz CT molecular complexity index is 378. The molecule has 0 spiro atoms. The zero-order chi connectivity index (χ0) is 15.6. The molecule has 2 aliphatic heterocycles. The van der Waals surface area contributed by atoms with Gasteiger partial charge in [0.25, 0.3) is 0 Å². The molecule has 0 aromatic heterocycles. The standard InChI is InChI=1S/C17H28F2N2O/c18-17(19)7-3-14(4-8-17)16(22)21-10-5-13(6-11-21)15-2-1-9-20-12-15/h13-15,20H,1-12H2. The topological polar surface area (TPSA) is 32.3 Å². The summed E-state index contributed by atoms with van der Waals surface area (Å²) in [6.45, 7) is 3.91. The number of piperidine rings is 2. The molecular weight excluding hydrogens is 286 g/mol. The molecule has 3 nitrogen and oxygen atoms in total. The molecule has 0 radical (unpaired) electrons. The highest BCUT2D eigenvalue weighted by Gasteiger charge is 2.39. The molecule has 2 saturated heterocycles. The van der Waals surface area contributed by atoms with E-state index in [1.165, 1.54) is 12.8 Å². The van der Waals surface area contributed by atoms with Crippen LogP contribution in [0.3, 0.4) is 0 Å². The van der Waals surface area contributed by atoms with Gasteiger partial charge in [-0.2, -0.15) is 0 Å². The molecule has 126 valence electrons. The second kappa shape index (κ2) is 6.81. The average Bonchev–Trinajstić information content (AvgIpc) is 2.55. The van der Waals surface area contributed by atoms with Crippen molar-refractivity contribution in [3.05, 3.63) is 0 Å². The van der Waals surface area contributed by atoms with Gasteiger partial charge in [-0.25, -0.2) is 8.78 Å². The van der Waals surface area contributed by atoms with Gasteiger partial charge in [-0.05, 0) is 63.5 Å². The van der Waals surface area contributed by atoms with E-state index in [0.717, 1.165) is 50.9 Å². The predicted octanol–water partition coefficient (Wildman–Crippen LogP) is 3.05. The molecule has 1 atom stereocenters. The van der Waals surface area contributed by atoms with Gasteiger partial charge in [-0.1, -0.05) is 0 Å². The monoisotopic (exact) mass is 314 g/mol. The lowest BCUT2D eigenvalue weighted by atomic mass is 9.79. The van der Waals surface area contributed by atoms with E-state index in [9.17, 15) is 13.6 Å². The molecule has 1 N–H and O–H groups in total. The van der Waals surface area contributed by atoms with E-state index < -0.39 is 5.92 Å². The molecule has 3 aliphatic rings. The molecule has 1 aliphatic carbocycles. The van der Waals surface area contributed by atoms with Crippen LogP contribution in [0.25, 0.3) is 0 Å². The summed E-state index contributed by atoms with van der Waals surface area (Å²) in [7, 11) is 0. The third-order valence-electron chi connectivity index (χ3n) is 5.92. The second-order valence-corrected chi connectivity index (χ2v) is 7.40. The van der Waals surface area contributed by atoms with Crippen LogP contribution in [0.2, 0.25) is 0 Å². The summed E-state index contributed by atoms with van der Waals surface area (Å²) >= 11 is 0. The van der Waals surface area contributed by atoms with Crippen LogP contribution in [0.1, 0.15) is 51.4 Å². The summed E-state index contributed by atoms with van der Waals surface area (Å²) < 4.78 is 26.4. The quantitative estimate of drug-likeness (QED) is 0.849. The Kier molecular flexibility index (Phi) is 5.00. The minimum atomic E-state index is -2.54. The lowest BCUT2D eigenvalue weighted by Crippen LogP contribution is -2.46. The van der Waals surface area contributed by atoms with Crippen LogP contribution in [0.4, 0.5) is 8.78 Å². The molecule has 1 unspecified atom stereocenters. The Balaban J connectivity index is 1.45. The molecule has 0 aromatic rings. The normalized spacial score (nSPS) is 31.2. The molecule has 3 fully saturated rings. The molecule has 1 saturated carbocycles. The van der Waals surface area contributed by atoms with E-state index in [4.69, 9.17) is 0 Å². The van der Waals surface area contributed by atoms with Crippen molar-refractivity contribution in [2.75, 3.05) is 26.2 Å². The van der Waals surface area contributed by atoms with Crippen molar-refractivity contribution in [2.45, 2.75) is 57.3 Å². The fraction of sp³-hybridized carbons (Fsp3) is 0.941. The van der Waals surface area contributed by atoms with Crippen LogP contribution >= 0.6 is 0 Å². The zero-order valence-corrected chi connectivity index (χ0v) is 13.3. The van der Waals surface area contributed by atoms with Crippen molar-refractivity contribution in [3.63, 3.8) is 0 Å². The minimum absolute atomic E-state index is 0.117. The first-order valence-electron chi connectivity index (χ1n) is 8.92. The van der Waals surface area contributed by atoms with Crippen LogP contribution in [-0.4, -0.2) is 42.9 Å². The van der Waals surface area contributed by atoms with Crippen LogP contribution in [-0.2, 0) is 4.79 Å². The van der Waals surface area contributed by atoms with Crippen LogP contribution in [0, 0.1) is 17.8 Å². The Labute approximate surface area is 131 Å². The van der Waals surface area contributed by atoms with Gasteiger partial charge >= 0.3 is 0 Å². The fourth-order valence-corrected chi connectivity index (χ4v) is 4.42. The summed E-state index contributed by atoms with van der Waals surface area (Å²) in [6, 6.07) is 0. The molecule has 22 heavy (non-hydrogen) atoms. The van der Waals surface area contributed by atoms with E-state index in [0.29, 0.717) is 12.8 Å². The van der Waals surface area contributed by atoms with E-state index in [-0.39, 0.29) is 24.7 Å². The number of carbonyl (C=O) groups is 1. The van der Waals surface area contributed by atoms with Gasteiger partial charge in [0.05, 0.1) is 0 Å². The van der Waals surface area contributed by atoms with Crippen molar-refractivity contribution in [2.24, 2.45) is 17.8 Å². The molecule has 3 rings (SSSR count). The number of carbonyl (C=O) groups excluding carboxylic acids is 1. The molecular formula is C17H28F2N2O. The number of nitrogens with zero attached hydrogens (tertiary/aromatic N) is 1. The van der Waals surface area contributed by atoms with E-state index >= 15 is 0 Å². The van der Waals surface area contributed by atoms with Crippen molar-refractivity contribution < 1.29 is 13.6 Å². The predicted molar refractivity (Wildman–Crippen MR) is 81.8 cm³/mol. The first-order chi connectivity index (χ1) is 10.6. The van der Waals surface area contributed by atoms with Crippen LogP contribution in [0.15, 0.2) is 0 Å². The van der Waals surface area contributed by atoms with Gasteiger partial charge in [-0.3, -0.25) is 4.79 Å². The molecule has 5 heteroatoms. The smallest absolute Gasteiger partial charge is 0.248 e. The maximum absolute atomic E-state index is 13.2. The zero-order valence-electron chi connectivity index (χ0n) is 13.3. The van der Waals surface area contributed by atoms with Crippen molar-refractivity contribution in [1.29, 1.82) is 0 Å². The van der Waals surface area contributed by atoms with Gasteiger partial charge < -0.3 is 10.2 Å². The highest BCUT2D eigenvalue weighted by Crippen LogP contribution is 2.37. The summed E-state index contributed by atoms with van der Waals surface area (Å²) in [5, 5.41) is 3.47. The summed E-state index contributed by atoms with van der Waals surface area (Å²) in [4.78, 5) is 14.5. The number of rotatable bonds is 2. The molecule has 1 amide bonds. The number of nitrogens with one attached hydrogen (secondary N) is 1. The Morgan fingerprint density at radius 2 is 1.68 bits per heavy atom. The highest BCUT2D eigenvalue weighted by atomic mass is 19.3. The van der Waals surface area contributed by atoms with Gasteiger partial charge in [0.1, 0.15) is 0 Å². The Morgan fingerprint density at radius 1 is 1.00 bits per heavy atom. The number of alkyl halides is 2. The van der Waals surface area contributed by atoms with Crippen molar-refractivity contribution >= 4 is 5.91 Å². The van der Waals surface area contributed by atoms with Gasteiger partial charge in [0, 0.05) is 31.8 Å². The molecule has 2 heterocycles. The van der Waals surface area contributed by atoms with Gasteiger partial charge in [0.2, 0.25) is 11.8 Å². The second-order valence-electron chi connectivity index (χ2n) is 7.40. The third-order valence-corrected chi connectivity index (χ3v) is 5.92. The molecule has 0 aromatic carbocycles. The molecule has 0 bridgehead atoms. The fourth-order valence-electron chi connectivity index (χ4n) is 4.42. The number of hydrogen-bond donors (Lipinski definition) is 1. The highest BCUT2D eigenvalue weighted by molar-refractivity contribution is 5.79. The number of hydrogen-bond acceptors (Lipinski definition) is 2. The summed E-state index contributed by atoms with van der Waals surface area (Å²) in [5.41, 5.74) is 0. The largest absolute Gasteiger partial charge is 0.342 e. The number of halogens is 2. The van der Waals surface area contributed by atoms with Crippen molar-refractivity contribution in [1.82, 2.24) is 10.2 Å². The summed E-state index contributed by atoms with van der Waals surface area (Å²) in [6.07, 6.45) is 5.23. The van der Waals surface area contributed by atoms with Crippen LogP contribution < -0.4 is 5.32 Å².